The molecule has 102 valence electrons. The van der Waals surface area contributed by atoms with E-state index in [0.29, 0.717) is 0 Å². The van der Waals surface area contributed by atoms with Gasteiger partial charge in [-0.3, -0.25) is 14.9 Å². The van der Waals surface area contributed by atoms with Crippen LogP contribution in [0, 0.1) is 0 Å². The minimum absolute atomic E-state index is 0.0500. The van der Waals surface area contributed by atoms with Crippen molar-refractivity contribution in [2.75, 3.05) is 25.5 Å². The van der Waals surface area contributed by atoms with Gasteiger partial charge < -0.3 is 5.32 Å². The SMILES string of the molecule is CNc1ccc(S(=O)(=O)N2CC(=O)NC(=O)C2)cc1. The predicted octanol–water partition coefficient (Wildman–Crippen LogP) is -0.625. The maximum absolute atomic E-state index is 12.3. The summed E-state index contributed by atoms with van der Waals surface area (Å²) in [6, 6.07) is 6.08. The number of anilines is 1. The van der Waals surface area contributed by atoms with Gasteiger partial charge in [-0.1, -0.05) is 0 Å². The van der Waals surface area contributed by atoms with Crippen molar-refractivity contribution >= 4 is 27.5 Å². The van der Waals surface area contributed by atoms with E-state index < -0.39 is 21.8 Å². The molecule has 1 fully saturated rings. The van der Waals surface area contributed by atoms with E-state index in [1.54, 1.807) is 19.2 Å². The summed E-state index contributed by atoms with van der Waals surface area (Å²) in [7, 11) is -2.11. The van der Waals surface area contributed by atoms with Crippen LogP contribution < -0.4 is 10.6 Å². The van der Waals surface area contributed by atoms with Crippen LogP contribution in [0.2, 0.25) is 0 Å². The first-order valence-electron chi connectivity index (χ1n) is 5.54. The highest BCUT2D eigenvalue weighted by Gasteiger charge is 2.32. The molecule has 0 saturated carbocycles. The molecule has 0 aliphatic carbocycles. The second kappa shape index (κ2) is 4.98. The highest BCUT2D eigenvalue weighted by Crippen LogP contribution is 2.18. The summed E-state index contributed by atoms with van der Waals surface area (Å²) < 4.78 is 25.4. The van der Waals surface area contributed by atoms with E-state index in [2.05, 4.69) is 10.6 Å². The van der Waals surface area contributed by atoms with Crippen LogP contribution in [0.5, 0.6) is 0 Å². The monoisotopic (exact) mass is 283 g/mol. The molecule has 1 aromatic rings. The number of amides is 2. The molecule has 1 aliphatic rings. The topological polar surface area (TPSA) is 95.6 Å². The minimum atomic E-state index is -3.83. The maximum Gasteiger partial charge on any atom is 0.244 e. The van der Waals surface area contributed by atoms with Crippen molar-refractivity contribution in [3.63, 3.8) is 0 Å². The van der Waals surface area contributed by atoms with Crippen LogP contribution in [0.25, 0.3) is 0 Å². The zero-order valence-electron chi connectivity index (χ0n) is 10.2. The van der Waals surface area contributed by atoms with Crippen molar-refractivity contribution in [1.29, 1.82) is 0 Å². The Morgan fingerprint density at radius 1 is 1.11 bits per heavy atom. The second-order valence-electron chi connectivity index (χ2n) is 4.02. The van der Waals surface area contributed by atoms with Gasteiger partial charge in [-0.25, -0.2) is 8.42 Å². The second-order valence-corrected chi connectivity index (χ2v) is 5.96. The quantitative estimate of drug-likeness (QED) is 0.721. The number of carbonyl (C=O) groups is 2. The molecular formula is C11H13N3O4S. The third-order valence-electron chi connectivity index (χ3n) is 2.70. The third kappa shape index (κ3) is 2.74. The fourth-order valence-corrected chi connectivity index (χ4v) is 3.08. The fourth-order valence-electron chi connectivity index (χ4n) is 1.72. The Morgan fingerprint density at radius 3 is 2.11 bits per heavy atom. The Balaban J connectivity index is 2.30. The molecule has 2 amide bonds. The van der Waals surface area contributed by atoms with E-state index in [9.17, 15) is 18.0 Å². The van der Waals surface area contributed by atoms with Gasteiger partial charge in [0.05, 0.1) is 18.0 Å². The Bertz CT molecular complexity index is 593. The fraction of sp³-hybridized carbons (Fsp3) is 0.273. The number of nitrogens with one attached hydrogen (secondary N) is 2. The van der Waals surface area contributed by atoms with Crippen molar-refractivity contribution < 1.29 is 18.0 Å². The molecule has 2 N–H and O–H groups in total. The first-order chi connectivity index (χ1) is 8.93. The molecule has 0 radical (unpaired) electrons. The average Bonchev–Trinajstić information content (AvgIpc) is 2.37. The number of nitrogens with zero attached hydrogens (tertiary/aromatic N) is 1. The first kappa shape index (κ1) is 13.5. The summed E-state index contributed by atoms with van der Waals surface area (Å²) in [5.74, 6) is -1.24. The van der Waals surface area contributed by atoms with E-state index >= 15 is 0 Å². The normalized spacial score (nSPS) is 17.1. The van der Waals surface area contributed by atoms with Gasteiger partial charge in [0.1, 0.15) is 0 Å². The summed E-state index contributed by atoms with van der Waals surface area (Å²) in [4.78, 5) is 22.5. The Hall–Kier alpha value is -1.93. The number of rotatable bonds is 3. The molecule has 2 rings (SSSR count). The van der Waals surface area contributed by atoms with Crippen molar-refractivity contribution in [2.45, 2.75) is 4.90 Å². The van der Waals surface area contributed by atoms with Crippen LogP contribution in [-0.2, 0) is 19.6 Å². The number of benzene rings is 1. The van der Waals surface area contributed by atoms with Crippen molar-refractivity contribution in [1.82, 2.24) is 9.62 Å². The Labute approximate surface area is 110 Å². The standard InChI is InChI=1S/C11H13N3O4S/c1-12-8-2-4-9(5-3-8)19(17,18)14-6-10(15)13-11(16)7-14/h2-5,12H,6-7H2,1H3,(H,13,15,16). The Kier molecular flexibility index (Phi) is 3.54. The molecule has 1 saturated heterocycles. The zero-order chi connectivity index (χ0) is 14.0. The van der Waals surface area contributed by atoms with Gasteiger partial charge in [0.25, 0.3) is 0 Å². The largest absolute Gasteiger partial charge is 0.388 e. The molecule has 1 heterocycles. The lowest BCUT2D eigenvalue weighted by Crippen LogP contribution is -2.53. The lowest BCUT2D eigenvalue weighted by Gasteiger charge is -2.24. The Morgan fingerprint density at radius 2 is 1.63 bits per heavy atom. The van der Waals surface area contributed by atoms with Gasteiger partial charge >= 0.3 is 0 Å². The molecule has 8 heteroatoms. The van der Waals surface area contributed by atoms with Crippen LogP contribution >= 0.6 is 0 Å². The van der Waals surface area contributed by atoms with Crippen molar-refractivity contribution in [2.24, 2.45) is 0 Å². The molecule has 0 bridgehead atoms. The van der Waals surface area contributed by atoms with Gasteiger partial charge in [-0.2, -0.15) is 4.31 Å². The molecule has 0 aromatic heterocycles. The molecule has 19 heavy (non-hydrogen) atoms. The van der Waals surface area contributed by atoms with Gasteiger partial charge in [0.2, 0.25) is 21.8 Å². The summed E-state index contributed by atoms with van der Waals surface area (Å²) >= 11 is 0. The predicted molar refractivity (Wildman–Crippen MR) is 67.9 cm³/mol. The van der Waals surface area contributed by atoms with Gasteiger partial charge in [0.15, 0.2) is 0 Å². The lowest BCUT2D eigenvalue weighted by atomic mass is 10.3. The number of piperazine rings is 1. The lowest BCUT2D eigenvalue weighted by molar-refractivity contribution is -0.134. The number of hydrogen-bond acceptors (Lipinski definition) is 5. The van der Waals surface area contributed by atoms with Crippen molar-refractivity contribution in [3.8, 4) is 0 Å². The zero-order valence-corrected chi connectivity index (χ0v) is 11.0. The molecular weight excluding hydrogens is 270 g/mol. The molecule has 1 aromatic carbocycles. The third-order valence-corrected chi connectivity index (χ3v) is 4.51. The van der Waals surface area contributed by atoms with Crippen LogP contribution in [0.4, 0.5) is 5.69 Å². The van der Waals surface area contributed by atoms with Gasteiger partial charge in [-0.15, -0.1) is 0 Å². The number of imide groups is 1. The number of sulfonamides is 1. The van der Waals surface area contributed by atoms with Crippen LogP contribution in [0.3, 0.4) is 0 Å². The summed E-state index contributed by atoms with van der Waals surface area (Å²) in [5, 5.41) is 4.93. The summed E-state index contributed by atoms with van der Waals surface area (Å²) in [6.45, 7) is -0.691. The molecule has 0 spiro atoms. The van der Waals surface area contributed by atoms with E-state index in [1.165, 1.54) is 12.1 Å². The summed E-state index contributed by atoms with van der Waals surface area (Å²) in [5.41, 5.74) is 0.770. The van der Waals surface area contributed by atoms with Gasteiger partial charge in [-0.05, 0) is 24.3 Å². The van der Waals surface area contributed by atoms with Gasteiger partial charge in [0, 0.05) is 12.7 Å². The van der Waals surface area contributed by atoms with E-state index in [1.807, 2.05) is 0 Å². The highest BCUT2D eigenvalue weighted by atomic mass is 32.2. The minimum Gasteiger partial charge on any atom is -0.388 e. The number of hydrogen-bond donors (Lipinski definition) is 2. The highest BCUT2D eigenvalue weighted by molar-refractivity contribution is 7.89. The average molecular weight is 283 g/mol. The first-order valence-corrected chi connectivity index (χ1v) is 6.98. The molecule has 1 aliphatic heterocycles. The van der Waals surface area contributed by atoms with E-state index in [4.69, 9.17) is 0 Å². The summed E-state index contributed by atoms with van der Waals surface area (Å²) in [6.07, 6.45) is 0. The maximum atomic E-state index is 12.3. The van der Waals surface area contributed by atoms with Crippen LogP contribution in [0.1, 0.15) is 0 Å². The molecule has 0 unspecified atom stereocenters. The van der Waals surface area contributed by atoms with Crippen LogP contribution in [0.15, 0.2) is 29.2 Å². The van der Waals surface area contributed by atoms with Crippen LogP contribution in [-0.4, -0.2) is 44.7 Å². The molecule has 0 atom stereocenters. The smallest absolute Gasteiger partial charge is 0.244 e. The van der Waals surface area contributed by atoms with Crippen molar-refractivity contribution in [3.05, 3.63) is 24.3 Å². The van der Waals surface area contributed by atoms with E-state index in [0.717, 1.165) is 9.99 Å². The number of carbonyl (C=O) groups excluding carboxylic acids is 2. The molecule has 7 nitrogen and oxygen atoms in total. The van der Waals surface area contributed by atoms with E-state index in [-0.39, 0.29) is 18.0 Å².